The SMILES string of the molecule is CCCCCCCNCCCCC(C)CC. The number of unbranched alkanes of at least 4 members (excludes halogenated alkanes) is 5. The van der Waals surface area contributed by atoms with E-state index in [2.05, 4.69) is 26.1 Å². The van der Waals surface area contributed by atoms with Crippen molar-refractivity contribution in [2.45, 2.75) is 78.6 Å². The molecule has 0 aromatic heterocycles. The zero-order chi connectivity index (χ0) is 12.1. The maximum Gasteiger partial charge on any atom is -0.00489 e. The van der Waals surface area contributed by atoms with Crippen molar-refractivity contribution in [3.63, 3.8) is 0 Å². The fourth-order valence-corrected chi connectivity index (χ4v) is 1.93. The number of hydrogen-bond donors (Lipinski definition) is 1. The molecule has 1 unspecified atom stereocenters. The third kappa shape index (κ3) is 12.0. The Kier molecular flexibility index (Phi) is 13.0. The van der Waals surface area contributed by atoms with Crippen LogP contribution in [0, 0.1) is 5.92 Å². The van der Waals surface area contributed by atoms with Crippen LogP contribution in [0.5, 0.6) is 0 Å². The summed E-state index contributed by atoms with van der Waals surface area (Å²) < 4.78 is 0. The third-order valence-electron chi connectivity index (χ3n) is 3.45. The largest absolute Gasteiger partial charge is 0.317 e. The van der Waals surface area contributed by atoms with E-state index < -0.39 is 0 Å². The zero-order valence-corrected chi connectivity index (χ0v) is 11.9. The van der Waals surface area contributed by atoms with E-state index in [1.54, 1.807) is 0 Å². The normalized spacial score (nSPS) is 12.9. The van der Waals surface area contributed by atoms with E-state index in [4.69, 9.17) is 0 Å². The van der Waals surface area contributed by atoms with Gasteiger partial charge in [0.05, 0.1) is 0 Å². The summed E-state index contributed by atoms with van der Waals surface area (Å²) >= 11 is 0. The highest BCUT2D eigenvalue weighted by Crippen LogP contribution is 2.10. The van der Waals surface area contributed by atoms with Crippen LogP contribution in [-0.4, -0.2) is 13.1 Å². The lowest BCUT2D eigenvalue weighted by Crippen LogP contribution is -2.16. The second-order valence-corrected chi connectivity index (χ2v) is 5.17. The molecule has 0 aromatic rings. The van der Waals surface area contributed by atoms with Gasteiger partial charge in [-0.15, -0.1) is 0 Å². The number of hydrogen-bond acceptors (Lipinski definition) is 1. The van der Waals surface area contributed by atoms with Crippen molar-refractivity contribution in [1.29, 1.82) is 0 Å². The van der Waals surface area contributed by atoms with Crippen LogP contribution in [0.25, 0.3) is 0 Å². The molecule has 1 heteroatoms. The van der Waals surface area contributed by atoms with Crippen molar-refractivity contribution < 1.29 is 0 Å². The topological polar surface area (TPSA) is 12.0 Å². The first-order valence-electron chi connectivity index (χ1n) is 7.52. The third-order valence-corrected chi connectivity index (χ3v) is 3.45. The molecule has 1 atom stereocenters. The van der Waals surface area contributed by atoms with Crippen molar-refractivity contribution in [3.8, 4) is 0 Å². The van der Waals surface area contributed by atoms with Crippen LogP contribution >= 0.6 is 0 Å². The molecular formula is C15H33N. The molecule has 0 aliphatic carbocycles. The van der Waals surface area contributed by atoms with Gasteiger partial charge in [0.25, 0.3) is 0 Å². The quantitative estimate of drug-likeness (QED) is 0.474. The molecular weight excluding hydrogens is 194 g/mol. The van der Waals surface area contributed by atoms with E-state index in [1.807, 2.05) is 0 Å². The smallest absolute Gasteiger partial charge is 0.00489 e. The van der Waals surface area contributed by atoms with E-state index in [0.29, 0.717) is 0 Å². The molecule has 0 aliphatic heterocycles. The van der Waals surface area contributed by atoms with Gasteiger partial charge < -0.3 is 5.32 Å². The van der Waals surface area contributed by atoms with Gasteiger partial charge in [-0.05, 0) is 31.8 Å². The lowest BCUT2D eigenvalue weighted by molar-refractivity contribution is 0.474. The summed E-state index contributed by atoms with van der Waals surface area (Å²) in [6.45, 7) is 9.38. The lowest BCUT2D eigenvalue weighted by atomic mass is 10.0. The first kappa shape index (κ1) is 16.0. The maximum atomic E-state index is 3.55. The molecule has 0 amide bonds. The maximum absolute atomic E-state index is 3.55. The number of nitrogens with one attached hydrogen (secondary N) is 1. The van der Waals surface area contributed by atoms with Crippen LogP contribution in [-0.2, 0) is 0 Å². The van der Waals surface area contributed by atoms with E-state index in [9.17, 15) is 0 Å². The molecule has 1 nitrogen and oxygen atoms in total. The van der Waals surface area contributed by atoms with Gasteiger partial charge in [-0.25, -0.2) is 0 Å². The molecule has 0 rings (SSSR count). The van der Waals surface area contributed by atoms with Crippen molar-refractivity contribution in [2.75, 3.05) is 13.1 Å². The van der Waals surface area contributed by atoms with E-state index in [0.717, 1.165) is 5.92 Å². The molecule has 0 saturated carbocycles. The van der Waals surface area contributed by atoms with Gasteiger partial charge in [-0.2, -0.15) is 0 Å². The first-order chi connectivity index (χ1) is 7.81. The van der Waals surface area contributed by atoms with Crippen LogP contribution in [0.1, 0.15) is 78.6 Å². The van der Waals surface area contributed by atoms with Gasteiger partial charge >= 0.3 is 0 Å². The van der Waals surface area contributed by atoms with E-state index in [-0.39, 0.29) is 0 Å². The molecule has 0 aromatic carbocycles. The molecule has 0 heterocycles. The van der Waals surface area contributed by atoms with Crippen LogP contribution in [0.3, 0.4) is 0 Å². The molecule has 98 valence electrons. The molecule has 0 fully saturated rings. The van der Waals surface area contributed by atoms with Crippen molar-refractivity contribution in [2.24, 2.45) is 5.92 Å². The van der Waals surface area contributed by atoms with Crippen LogP contribution in [0.4, 0.5) is 0 Å². The van der Waals surface area contributed by atoms with Crippen LogP contribution in [0.15, 0.2) is 0 Å². The highest BCUT2D eigenvalue weighted by molar-refractivity contribution is 4.53. The van der Waals surface area contributed by atoms with Gasteiger partial charge in [0.2, 0.25) is 0 Å². The fourth-order valence-electron chi connectivity index (χ4n) is 1.93. The highest BCUT2D eigenvalue weighted by Gasteiger charge is 1.97. The highest BCUT2D eigenvalue weighted by atomic mass is 14.8. The molecule has 0 bridgehead atoms. The fraction of sp³-hybridized carbons (Fsp3) is 1.00. The van der Waals surface area contributed by atoms with Gasteiger partial charge in [-0.3, -0.25) is 0 Å². The minimum atomic E-state index is 0.925. The summed E-state index contributed by atoms with van der Waals surface area (Å²) in [5, 5.41) is 3.55. The van der Waals surface area contributed by atoms with Crippen molar-refractivity contribution >= 4 is 0 Å². The molecule has 1 N–H and O–H groups in total. The van der Waals surface area contributed by atoms with Crippen molar-refractivity contribution in [3.05, 3.63) is 0 Å². The van der Waals surface area contributed by atoms with Gasteiger partial charge in [0, 0.05) is 0 Å². The Morgan fingerprint density at radius 3 is 2.06 bits per heavy atom. The monoisotopic (exact) mass is 227 g/mol. The summed E-state index contributed by atoms with van der Waals surface area (Å²) in [4.78, 5) is 0. The Morgan fingerprint density at radius 2 is 1.44 bits per heavy atom. The Morgan fingerprint density at radius 1 is 0.812 bits per heavy atom. The second kappa shape index (κ2) is 13.0. The van der Waals surface area contributed by atoms with Crippen LogP contribution < -0.4 is 5.32 Å². The van der Waals surface area contributed by atoms with E-state index in [1.165, 1.54) is 70.9 Å². The second-order valence-electron chi connectivity index (χ2n) is 5.17. The van der Waals surface area contributed by atoms with Crippen molar-refractivity contribution in [1.82, 2.24) is 5.32 Å². The molecule has 0 spiro atoms. The lowest BCUT2D eigenvalue weighted by Gasteiger charge is -2.08. The minimum Gasteiger partial charge on any atom is -0.317 e. The summed E-state index contributed by atoms with van der Waals surface area (Å²) in [6, 6.07) is 0. The minimum absolute atomic E-state index is 0.925. The predicted molar refractivity (Wildman–Crippen MR) is 74.9 cm³/mol. The van der Waals surface area contributed by atoms with Crippen LogP contribution in [0.2, 0.25) is 0 Å². The molecule has 0 aliphatic rings. The molecule has 16 heavy (non-hydrogen) atoms. The zero-order valence-electron chi connectivity index (χ0n) is 11.9. The molecule has 0 radical (unpaired) electrons. The van der Waals surface area contributed by atoms with Gasteiger partial charge in [-0.1, -0.05) is 65.7 Å². The Hall–Kier alpha value is -0.0400. The Balaban J connectivity index is 2.93. The average Bonchev–Trinajstić information content (AvgIpc) is 2.31. The Bertz CT molecular complexity index is 123. The first-order valence-corrected chi connectivity index (χ1v) is 7.52. The number of rotatable bonds is 12. The summed E-state index contributed by atoms with van der Waals surface area (Å²) in [7, 11) is 0. The van der Waals surface area contributed by atoms with Gasteiger partial charge in [0.1, 0.15) is 0 Å². The summed E-state index contributed by atoms with van der Waals surface area (Å²) in [5.41, 5.74) is 0. The van der Waals surface area contributed by atoms with E-state index >= 15 is 0 Å². The standard InChI is InChI=1S/C15H33N/c1-4-6-7-8-10-13-16-14-11-9-12-15(3)5-2/h15-16H,4-14H2,1-3H3. The summed E-state index contributed by atoms with van der Waals surface area (Å²) in [6.07, 6.45) is 12.5. The average molecular weight is 227 g/mol. The predicted octanol–water partition coefficient (Wildman–Crippen LogP) is 4.76. The summed E-state index contributed by atoms with van der Waals surface area (Å²) in [5.74, 6) is 0.925. The van der Waals surface area contributed by atoms with Gasteiger partial charge in [0.15, 0.2) is 0 Å². The molecule has 0 saturated heterocycles. The Labute approximate surface area is 103 Å².